The van der Waals surface area contributed by atoms with Gasteiger partial charge in [0, 0.05) is 19.6 Å². The summed E-state index contributed by atoms with van der Waals surface area (Å²) in [5.74, 6) is 0.696. The molecule has 6 heteroatoms. The van der Waals surface area contributed by atoms with E-state index in [1.807, 2.05) is 31.2 Å². The van der Waals surface area contributed by atoms with Crippen LogP contribution in [0, 0.1) is 0 Å². The molecule has 1 saturated heterocycles. The molecule has 2 N–H and O–H groups in total. The maximum atomic E-state index is 12.8. The van der Waals surface area contributed by atoms with E-state index in [0.717, 1.165) is 17.7 Å². The summed E-state index contributed by atoms with van der Waals surface area (Å²) < 4.78 is 5.53. The minimum absolute atomic E-state index is 0.0498. The van der Waals surface area contributed by atoms with Gasteiger partial charge in [-0.25, -0.2) is 4.79 Å². The molecule has 3 amide bonds. The molecule has 0 spiro atoms. The van der Waals surface area contributed by atoms with Crippen molar-refractivity contribution in [3.63, 3.8) is 0 Å². The summed E-state index contributed by atoms with van der Waals surface area (Å²) in [4.78, 5) is 27.5. The lowest BCUT2D eigenvalue weighted by Gasteiger charge is -2.29. The molecule has 130 valence electrons. The molecule has 6 nitrogen and oxygen atoms in total. The van der Waals surface area contributed by atoms with E-state index in [9.17, 15) is 9.59 Å². The molecule has 0 aliphatic carbocycles. The van der Waals surface area contributed by atoms with Crippen molar-refractivity contribution in [1.82, 2.24) is 9.80 Å². The number of amides is 3. The van der Waals surface area contributed by atoms with E-state index in [-0.39, 0.29) is 5.91 Å². The number of likely N-dealkylation sites (tertiary alicyclic amines) is 1. The highest BCUT2D eigenvalue weighted by molar-refractivity contribution is 5.87. The third-order valence-corrected chi connectivity index (χ3v) is 4.15. The van der Waals surface area contributed by atoms with Gasteiger partial charge in [0.2, 0.25) is 5.91 Å². The normalized spacial score (nSPS) is 16.7. The molecule has 1 aliphatic rings. The van der Waals surface area contributed by atoms with Crippen molar-refractivity contribution < 1.29 is 14.3 Å². The zero-order chi connectivity index (χ0) is 17.5. The van der Waals surface area contributed by atoms with Gasteiger partial charge in [0.1, 0.15) is 18.4 Å². The predicted octanol–water partition coefficient (Wildman–Crippen LogP) is 2.14. The molecule has 0 unspecified atom stereocenters. The van der Waals surface area contributed by atoms with E-state index in [0.29, 0.717) is 32.7 Å². The number of hydrogen-bond donors (Lipinski definition) is 1. The molecule has 1 atom stereocenters. The van der Waals surface area contributed by atoms with Gasteiger partial charge in [0.05, 0.1) is 0 Å². The highest BCUT2D eigenvalue weighted by atomic mass is 16.5. The fourth-order valence-corrected chi connectivity index (χ4v) is 2.95. The number of likely N-dealkylation sites (N-methyl/N-ethyl adjacent to an activating group) is 1. The van der Waals surface area contributed by atoms with E-state index in [4.69, 9.17) is 10.5 Å². The van der Waals surface area contributed by atoms with Crippen LogP contribution in [0.1, 0.15) is 25.3 Å². The topological polar surface area (TPSA) is 75.9 Å². The molecular formula is C18H25N3O3. The van der Waals surface area contributed by atoms with E-state index in [2.05, 4.69) is 6.58 Å². The molecule has 0 aromatic heterocycles. The lowest BCUT2D eigenvalue weighted by molar-refractivity contribution is -0.135. The fourth-order valence-electron chi connectivity index (χ4n) is 2.95. The number of nitrogens with two attached hydrogens (primary N) is 1. The Morgan fingerprint density at radius 1 is 1.50 bits per heavy atom. The maximum absolute atomic E-state index is 12.8. The molecule has 1 heterocycles. The first-order chi connectivity index (χ1) is 11.6. The van der Waals surface area contributed by atoms with Crippen molar-refractivity contribution in [3.05, 3.63) is 42.5 Å². The standard InChI is InChI=1S/C18H25N3O3/c1-3-11-24-15-8-5-7-14(12-15)13-20(4-2)17(22)16-9-6-10-21(16)18(19)23/h3,5,7-8,12,16H,1,4,6,9-11,13H2,2H3,(H2,19,23)/t16-/m1/s1. The van der Waals surface area contributed by atoms with Gasteiger partial charge < -0.3 is 20.3 Å². The first kappa shape index (κ1) is 17.8. The fraction of sp³-hybridized carbons (Fsp3) is 0.444. The van der Waals surface area contributed by atoms with Gasteiger partial charge >= 0.3 is 6.03 Å². The van der Waals surface area contributed by atoms with Gasteiger partial charge in [0.15, 0.2) is 0 Å². The Kier molecular flexibility index (Phi) is 6.23. The van der Waals surface area contributed by atoms with Gasteiger partial charge in [-0.15, -0.1) is 0 Å². The van der Waals surface area contributed by atoms with Crippen molar-refractivity contribution in [2.45, 2.75) is 32.4 Å². The Morgan fingerprint density at radius 2 is 2.29 bits per heavy atom. The summed E-state index contributed by atoms with van der Waals surface area (Å²) in [6.07, 6.45) is 3.16. The van der Waals surface area contributed by atoms with Gasteiger partial charge in [-0.2, -0.15) is 0 Å². The first-order valence-corrected chi connectivity index (χ1v) is 8.24. The van der Waals surface area contributed by atoms with Crippen LogP contribution in [0.5, 0.6) is 5.75 Å². The van der Waals surface area contributed by atoms with E-state index in [1.54, 1.807) is 11.0 Å². The average molecular weight is 331 g/mol. The second kappa shape index (κ2) is 8.38. The number of rotatable bonds is 7. The number of primary amides is 1. The van der Waals surface area contributed by atoms with Crippen molar-refractivity contribution in [1.29, 1.82) is 0 Å². The highest BCUT2D eigenvalue weighted by Gasteiger charge is 2.35. The Balaban J connectivity index is 2.07. The average Bonchev–Trinajstić information content (AvgIpc) is 3.07. The van der Waals surface area contributed by atoms with Crippen LogP contribution in [-0.2, 0) is 11.3 Å². The Labute approximate surface area is 142 Å². The van der Waals surface area contributed by atoms with Crippen molar-refractivity contribution in [3.8, 4) is 5.75 Å². The van der Waals surface area contributed by atoms with Crippen LogP contribution in [0.25, 0.3) is 0 Å². The number of benzene rings is 1. The van der Waals surface area contributed by atoms with Crippen LogP contribution in [0.15, 0.2) is 36.9 Å². The number of carbonyl (C=O) groups excluding carboxylic acids is 2. The minimum atomic E-state index is -0.526. The zero-order valence-electron chi connectivity index (χ0n) is 14.1. The lowest BCUT2D eigenvalue weighted by Crippen LogP contribution is -2.49. The summed E-state index contributed by atoms with van der Waals surface area (Å²) in [5, 5.41) is 0. The Hall–Kier alpha value is -2.50. The molecule has 0 saturated carbocycles. The monoisotopic (exact) mass is 331 g/mol. The van der Waals surface area contributed by atoms with Crippen molar-refractivity contribution >= 4 is 11.9 Å². The van der Waals surface area contributed by atoms with Gasteiger partial charge in [-0.1, -0.05) is 24.8 Å². The van der Waals surface area contributed by atoms with Crippen LogP contribution in [0.2, 0.25) is 0 Å². The summed E-state index contributed by atoms with van der Waals surface area (Å²) in [6, 6.07) is 6.68. The SMILES string of the molecule is C=CCOc1cccc(CN(CC)C(=O)[C@H]2CCCN2C(N)=O)c1. The molecule has 1 aromatic carbocycles. The van der Waals surface area contributed by atoms with Gasteiger partial charge in [-0.3, -0.25) is 4.79 Å². The number of hydrogen-bond acceptors (Lipinski definition) is 3. The molecule has 1 aromatic rings. The molecule has 24 heavy (non-hydrogen) atoms. The second-order valence-electron chi connectivity index (χ2n) is 5.79. The third kappa shape index (κ3) is 4.28. The van der Waals surface area contributed by atoms with Crippen LogP contribution < -0.4 is 10.5 Å². The van der Waals surface area contributed by atoms with E-state index < -0.39 is 12.1 Å². The summed E-state index contributed by atoms with van der Waals surface area (Å²) in [7, 11) is 0. The van der Waals surface area contributed by atoms with Gasteiger partial charge in [-0.05, 0) is 37.5 Å². The second-order valence-corrected chi connectivity index (χ2v) is 5.79. The first-order valence-electron chi connectivity index (χ1n) is 8.24. The quantitative estimate of drug-likeness (QED) is 0.778. The Bertz CT molecular complexity index is 603. The minimum Gasteiger partial charge on any atom is -0.490 e. The maximum Gasteiger partial charge on any atom is 0.315 e. The van der Waals surface area contributed by atoms with Crippen LogP contribution in [0.3, 0.4) is 0 Å². The third-order valence-electron chi connectivity index (χ3n) is 4.15. The van der Waals surface area contributed by atoms with E-state index in [1.165, 1.54) is 4.90 Å². The number of urea groups is 1. The smallest absolute Gasteiger partial charge is 0.315 e. The molecule has 2 rings (SSSR count). The van der Waals surface area contributed by atoms with Crippen LogP contribution >= 0.6 is 0 Å². The molecule has 1 aliphatic heterocycles. The number of nitrogens with zero attached hydrogens (tertiary/aromatic N) is 2. The predicted molar refractivity (Wildman–Crippen MR) is 92.5 cm³/mol. The highest BCUT2D eigenvalue weighted by Crippen LogP contribution is 2.21. The molecule has 1 fully saturated rings. The summed E-state index contributed by atoms with van der Waals surface area (Å²) in [6.45, 7) is 7.59. The molecule has 0 radical (unpaired) electrons. The molecular weight excluding hydrogens is 306 g/mol. The van der Waals surface area contributed by atoms with Gasteiger partial charge in [0.25, 0.3) is 0 Å². The number of ether oxygens (including phenoxy) is 1. The zero-order valence-corrected chi connectivity index (χ0v) is 14.1. The Morgan fingerprint density at radius 3 is 2.96 bits per heavy atom. The van der Waals surface area contributed by atoms with E-state index >= 15 is 0 Å². The van der Waals surface area contributed by atoms with Crippen molar-refractivity contribution in [2.75, 3.05) is 19.7 Å². The largest absolute Gasteiger partial charge is 0.490 e. The number of carbonyl (C=O) groups is 2. The van der Waals surface area contributed by atoms with Crippen molar-refractivity contribution in [2.24, 2.45) is 5.73 Å². The van der Waals surface area contributed by atoms with Crippen LogP contribution in [-0.4, -0.2) is 47.5 Å². The molecule has 0 bridgehead atoms. The van der Waals surface area contributed by atoms with Crippen LogP contribution in [0.4, 0.5) is 4.79 Å². The summed E-state index contributed by atoms with van der Waals surface area (Å²) >= 11 is 0. The summed E-state index contributed by atoms with van der Waals surface area (Å²) in [5.41, 5.74) is 6.36. The lowest BCUT2D eigenvalue weighted by atomic mass is 10.1.